The van der Waals surface area contributed by atoms with Crippen molar-refractivity contribution in [2.45, 2.75) is 405 Å². The first-order valence-electron chi connectivity index (χ1n) is 34.4. The molecule has 0 saturated carbocycles. The number of carbonyl (C=O) groups excluding carboxylic acids is 2. The number of carbonyl (C=O) groups is 2. The monoisotopic (exact) mass is 1060 g/mol. The van der Waals surface area contributed by atoms with Gasteiger partial charge in [0.2, 0.25) is 5.91 Å². The molecule has 0 aliphatic rings. The fourth-order valence-electron chi connectivity index (χ4n) is 11.1. The molecule has 0 aromatic rings. The second-order valence-electron chi connectivity index (χ2n) is 23.9. The van der Waals surface area contributed by atoms with Crippen LogP contribution in [0.1, 0.15) is 393 Å². The minimum absolute atomic E-state index is 0.0217. The Kier molecular flexibility index (Phi) is 63.9. The zero-order valence-electron chi connectivity index (χ0n) is 51.1. The number of esters is 1. The van der Waals surface area contributed by atoms with Gasteiger partial charge < -0.3 is 20.3 Å². The van der Waals surface area contributed by atoms with Crippen molar-refractivity contribution in [3.8, 4) is 0 Å². The summed E-state index contributed by atoms with van der Waals surface area (Å²) in [6.07, 6.45) is 79.8. The first-order valence-corrected chi connectivity index (χ1v) is 34.4. The van der Waals surface area contributed by atoms with Crippen molar-refractivity contribution in [1.29, 1.82) is 0 Å². The van der Waals surface area contributed by atoms with E-state index >= 15 is 0 Å². The Morgan fingerprint density at radius 3 is 0.947 bits per heavy atom. The van der Waals surface area contributed by atoms with Crippen LogP contribution >= 0.6 is 0 Å². The maximum absolute atomic E-state index is 12.5. The molecule has 0 bridgehead atoms. The van der Waals surface area contributed by atoms with E-state index in [1.54, 1.807) is 0 Å². The standard InChI is InChI=1S/C69H135NO5/c1-3-5-7-9-11-13-15-16-17-18-33-36-39-43-47-51-55-59-63-69(74)75-64-60-56-52-48-44-40-37-34-31-29-27-25-23-21-19-20-22-24-26-28-30-32-35-38-42-46-50-54-58-62-68(73)70-66(65-71)67(72)61-57-53-49-45-41-14-12-10-8-6-4-2/h19,21,66-67,71-72H,3-18,20,22-65H2,1-2H3,(H,70,73)/b21-19-. The summed E-state index contributed by atoms with van der Waals surface area (Å²) in [6.45, 7) is 4.98. The summed E-state index contributed by atoms with van der Waals surface area (Å²) in [4.78, 5) is 24.6. The molecule has 0 heterocycles. The minimum Gasteiger partial charge on any atom is -0.466 e. The van der Waals surface area contributed by atoms with Crippen molar-refractivity contribution in [3.05, 3.63) is 12.2 Å². The highest BCUT2D eigenvalue weighted by Crippen LogP contribution is 2.19. The lowest BCUT2D eigenvalue weighted by molar-refractivity contribution is -0.143. The topological polar surface area (TPSA) is 95.9 Å². The number of hydrogen-bond donors (Lipinski definition) is 3. The fraction of sp³-hybridized carbons (Fsp3) is 0.942. The van der Waals surface area contributed by atoms with E-state index in [0.717, 1.165) is 38.5 Å². The fourth-order valence-corrected chi connectivity index (χ4v) is 11.1. The molecule has 0 radical (unpaired) electrons. The van der Waals surface area contributed by atoms with Crippen LogP contribution in [-0.4, -0.2) is 47.4 Å². The van der Waals surface area contributed by atoms with Gasteiger partial charge in [0.05, 0.1) is 25.4 Å². The van der Waals surface area contributed by atoms with Crippen molar-refractivity contribution >= 4 is 11.9 Å². The van der Waals surface area contributed by atoms with Crippen LogP contribution in [-0.2, 0) is 14.3 Å². The number of hydrogen-bond acceptors (Lipinski definition) is 5. The lowest BCUT2D eigenvalue weighted by Crippen LogP contribution is -2.45. The first kappa shape index (κ1) is 73.6. The van der Waals surface area contributed by atoms with Gasteiger partial charge in [-0.25, -0.2) is 0 Å². The summed E-state index contributed by atoms with van der Waals surface area (Å²) < 4.78 is 5.51. The van der Waals surface area contributed by atoms with E-state index in [4.69, 9.17) is 4.74 Å². The average molecular weight is 1060 g/mol. The summed E-state index contributed by atoms with van der Waals surface area (Å²) in [6, 6.07) is -0.539. The molecular weight excluding hydrogens is 923 g/mol. The molecule has 0 saturated heterocycles. The second kappa shape index (κ2) is 65.1. The van der Waals surface area contributed by atoms with E-state index in [9.17, 15) is 19.8 Å². The molecule has 0 spiro atoms. The second-order valence-corrected chi connectivity index (χ2v) is 23.9. The molecule has 3 N–H and O–H groups in total. The molecule has 75 heavy (non-hydrogen) atoms. The van der Waals surface area contributed by atoms with Gasteiger partial charge in [-0.2, -0.15) is 0 Å². The molecule has 6 heteroatoms. The summed E-state index contributed by atoms with van der Waals surface area (Å²) in [7, 11) is 0. The third-order valence-corrected chi connectivity index (χ3v) is 16.3. The van der Waals surface area contributed by atoms with Crippen LogP contribution in [0.15, 0.2) is 12.2 Å². The number of unbranched alkanes of at least 4 members (excludes halogenated alkanes) is 52. The Labute approximate surface area is 469 Å². The van der Waals surface area contributed by atoms with Crippen molar-refractivity contribution in [1.82, 2.24) is 5.32 Å². The Morgan fingerprint density at radius 1 is 0.360 bits per heavy atom. The molecule has 0 aromatic heterocycles. The van der Waals surface area contributed by atoms with Gasteiger partial charge in [-0.3, -0.25) is 9.59 Å². The van der Waals surface area contributed by atoms with Crippen LogP contribution in [0.4, 0.5) is 0 Å². The first-order chi connectivity index (χ1) is 37.0. The molecule has 0 aliphatic carbocycles. The highest BCUT2D eigenvalue weighted by atomic mass is 16.5. The zero-order chi connectivity index (χ0) is 54.3. The predicted molar refractivity (Wildman–Crippen MR) is 329 cm³/mol. The molecule has 2 atom stereocenters. The number of ether oxygens (including phenoxy) is 1. The van der Waals surface area contributed by atoms with Gasteiger partial charge in [0, 0.05) is 12.8 Å². The molecule has 0 fully saturated rings. The lowest BCUT2D eigenvalue weighted by Gasteiger charge is -2.22. The van der Waals surface area contributed by atoms with Crippen LogP contribution in [0.25, 0.3) is 0 Å². The maximum atomic E-state index is 12.5. The summed E-state index contributed by atoms with van der Waals surface area (Å²) in [5.41, 5.74) is 0. The van der Waals surface area contributed by atoms with E-state index in [1.165, 1.54) is 321 Å². The smallest absolute Gasteiger partial charge is 0.305 e. The molecule has 0 aliphatic heterocycles. The van der Waals surface area contributed by atoms with Gasteiger partial charge in [-0.1, -0.05) is 341 Å². The van der Waals surface area contributed by atoms with Crippen LogP contribution in [0, 0.1) is 0 Å². The highest BCUT2D eigenvalue weighted by Gasteiger charge is 2.20. The largest absolute Gasteiger partial charge is 0.466 e. The number of allylic oxidation sites excluding steroid dienone is 2. The van der Waals surface area contributed by atoms with E-state index in [0.29, 0.717) is 25.9 Å². The third kappa shape index (κ3) is 61.7. The number of nitrogens with one attached hydrogen (secondary N) is 1. The lowest BCUT2D eigenvalue weighted by atomic mass is 10.0. The van der Waals surface area contributed by atoms with Crippen LogP contribution in [0.2, 0.25) is 0 Å². The van der Waals surface area contributed by atoms with Crippen LogP contribution in [0.5, 0.6) is 0 Å². The van der Waals surface area contributed by atoms with E-state index < -0.39 is 12.1 Å². The highest BCUT2D eigenvalue weighted by molar-refractivity contribution is 5.76. The Balaban J connectivity index is 3.32. The maximum Gasteiger partial charge on any atom is 0.305 e. The zero-order valence-corrected chi connectivity index (χ0v) is 51.1. The van der Waals surface area contributed by atoms with E-state index in [2.05, 4.69) is 31.3 Å². The van der Waals surface area contributed by atoms with Crippen molar-refractivity contribution in [3.63, 3.8) is 0 Å². The SMILES string of the molecule is CCCCCCCCCCCCCCCCCCCCC(=O)OCCCCCCCCCCCCCC/C=C\CCCCCCCCCCCCCCCC(=O)NC(CO)C(O)CCCCCCCCCCCCC. The van der Waals surface area contributed by atoms with Crippen LogP contribution in [0.3, 0.4) is 0 Å². The van der Waals surface area contributed by atoms with E-state index in [1.807, 2.05) is 0 Å². The van der Waals surface area contributed by atoms with Gasteiger partial charge >= 0.3 is 5.97 Å². The average Bonchev–Trinajstić information content (AvgIpc) is 3.41. The van der Waals surface area contributed by atoms with Gasteiger partial charge in [-0.15, -0.1) is 0 Å². The molecule has 6 nitrogen and oxygen atoms in total. The quantitative estimate of drug-likeness (QED) is 0.0320. The predicted octanol–water partition coefficient (Wildman–Crippen LogP) is 22.0. The molecule has 446 valence electrons. The normalized spacial score (nSPS) is 12.5. The van der Waals surface area contributed by atoms with Gasteiger partial charge in [-0.05, 0) is 51.4 Å². The number of amides is 1. The summed E-state index contributed by atoms with van der Waals surface area (Å²) in [5.74, 6) is -0.0114. The van der Waals surface area contributed by atoms with Gasteiger partial charge in [0.25, 0.3) is 0 Å². The third-order valence-electron chi connectivity index (χ3n) is 16.3. The molecule has 2 unspecified atom stereocenters. The van der Waals surface area contributed by atoms with E-state index in [-0.39, 0.29) is 18.5 Å². The van der Waals surface area contributed by atoms with Gasteiger partial charge in [0.15, 0.2) is 0 Å². The Bertz CT molecular complexity index is 1130. The molecular formula is C69H135NO5. The summed E-state index contributed by atoms with van der Waals surface area (Å²) in [5, 5.41) is 23.2. The minimum atomic E-state index is -0.661. The molecule has 0 aromatic carbocycles. The van der Waals surface area contributed by atoms with Crippen molar-refractivity contribution in [2.75, 3.05) is 13.2 Å². The van der Waals surface area contributed by atoms with Crippen molar-refractivity contribution < 1.29 is 24.5 Å². The van der Waals surface area contributed by atoms with Crippen molar-refractivity contribution in [2.24, 2.45) is 0 Å². The van der Waals surface area contributed by atoms with Gasteiger partial charge in [0.1, 0.15) is 0 Å². The Morgan fingerprint density at radius 2 is 0.627 bits per heavy atom. The number of aliphatic hydroxyl groups is 2. The number of rotatable bonds is 65. The number of aliphatic hydroxyl groups excluding tert-OH is 2. The summed E-state index contributed by atoms with van der Waals surface area (Å²) >= 11 is 0. The molecule has 1 amide bonds. The molecule has 0 rings (SSSR count). The van der Waals surface area contributed by atoms with Crippen LogP contribution < -0.4 is 5.32 Å². The Hall–Kier alpha value is -1.40.